The van der Waals surface area contributed by atoms with Gasteiger partial charge in [-0.3, -0.25) is 4.79 Å². The molecule has 1 amide bonds. The molecule has 0 aliphatic heterocycles. The van der Waals surface area contributed by atoms with Gasteiger partial charge in [0, 0.05) is 12.7 Å². The van der Waals surface area contributed by atoms with Gasteiger partial charge in [0.25, 0.3) is 5.91 Å². The summed E-state index contributed by atoms with van der Waals surface area (Å²) >= 11 is 1.28. The molecule has 0 aliphatic carbocycles. The van der Waals surface area contributed by atoms with Gasteiger partial charge >= 0.3 is 0 Å². The number of thiophene rings is 1. The summed E-state index contributed by atoms with van der Waals surface area (Å²) in [6.07, 6.45) is 2.40. The van der Waals surface area contributed by atoms with Crippen molar-refractivity contribution in [2.45, 2.75) is 13.3 Å². The molecule has 0 saturated heterocycles. The van der Waals surface area contributed by atoms with Crippen LogP contribution in [0.1, 0.15) is 21.9 Å². The van der Waals surface area contributed by atoms with Gasteiger partial charge < -0.3 is 16.8 Å². The van der Waals surface area contributed by atoms with Crippen LogP contribution in [0.2, 0.25) is 0 Å². The fourth-order valence-corrected chi connectivity index (χ4v) is 2.57. The van der Waals surface area contributed by atoms with Gasteiger partial charge in [-0.1, -0.05) is 0 Å². The number of hydrogen-bond acceptors (Lipinski definition) is 6. The van der Waals surface area contributed by atoms with Crippen molar-refractivity contribution in [2.75, 3.05) is 18.8 Å². The monoisotopic (exact) mass is 265 g/mol. The molecule has 0 spiro atoms. The number of nitrogens with one attached hydrogen (secondary N) is 1. The van der Waals surface area contributed by atoms with Crippen LogP contribution in [0, 0.1) is 6.92 Å². The molecule has 2 aromatic heterocycles. The fourth-order valence-electron chi connectivity index (χ4n) is 1.54. The Bertz CT molecular complexity index is 580. The normalized spacial score (nSPS) is 10.8. The molecule has 2 heterocycles. The number of rotatable bonds is 4. The van der Waals surface area contributed by atoms with Gasteiger partial charge in [0.15, 0.2) is 0 Å². The summed E-state index contributed by atoms with van der Waals surface area (Å²) in [5.74, 6) is 0.487. The lowest BCUT2D eigenvalue weighted by molar-refractivity contribution is 0.0958. The number of amides is 1. The van der Waals surface area contributed by atoms with Crippen LogP contribution < -0.4 is 16.8 Å². The molecule has 0 aliphatic rings. The van der Waals surface area contributed by atoms with E-state index in [1.807, 2.05) is 0 Å². The van der Waals surface area contributed by atoms with Crippen molar-refractivity contribution in [3.63, 3.8) is 0 Å². The summed E-state index contributed by atoms with van der Waals surface area (Å²) in [6.45, 7) is 2.90. The topological polar surface area (TPSA) is 107 Å². The molecule has 0 fully saturated rings. The third-order valence-corrected chi connectivity index (χ3v) is 3.59. The van der Waals surface area contributed by atoms with Crippen LogP contribution in [0.15, 0.2) is 6.20 Å². The van der Waals surface area contributed by atoms with E-state index in [4.69, 9.17) is 11.5 Å². The van der Waals surface area contributed by atoms with E-state index in [1.165, 1.54) is 11.3 Å². The van der Waals surface area contributed by atoms with Crippen molar-refractivity contribution in [2.24, 2.45) is 5.73 Å². The zero-order valence-corrected chi connectivity index (χ0v) is 10.9. The second kappa shape index (κ2) is 5.28. The lowest BCUT2D eigenvalue weighted by Gasteiger charge is -2.02. The van der Waals surface area contributed by atoms with Crippen LogP contribution >= 0.6 is 11.3 Å². The quantitative estimate of drug-likeness (QED) is 0.704. The second-order valence-electron chi connectivity index (χ2n) is 3.88. The molecule has 0 aromatic carbocycles. The van der Waals surface area contributed by atoms with Gasteiger partial charge in [-0.2, -0.15) is 0 Å². The molecule has 0 atom stereocenters. The minimum atomic E-state index is -0.179. The van der Waals surface area contributed by atoms with Crippen LogP contribution in [0.25, 0.3) is 10.2 Å². The number of carbonyl (C=O) groups is 1. The van der Waals surface area contributed by atoms with Crippen LogP contribution in [0.3, 0.4) is 0 Å². The Labute approximate surface area is 108 Å². The van der Waals surface area contributed by atoms with E-state index < -0.39 is 0 Å². The third kappa shape index (κ3) is 2.41. The molecule has 0 bridgehead atoms. The lowest BCUT2D eigenvalue weighted by atomic mass is 10.3. The van der Waals surface area contributed by atoms with E-state index in [2.05, 4.69) is 15.3 Å². The van der Waals surface area contributed by atoms with Crippen molar-refractivity contribution in [1.82, 2.24) is 15.3 Å². The van der Waals surface area contributed by atoms with Gasteiger partial charge in [-0.15, -0.1) is 11.3 Å². The van der Waals surface area contributed by atoms with Gasteiger partial charge in [-0.25, -0.2) is 9.97 Å². The van der Waals surface area contributed by atoms with E-state index in [-0.39, 0.29) is 5.91 Å². The largest absolute Gasteiger partial charge is 0.397 e. The molecule has 7 heteroatoms. The average Bonchev–Trinajstić information content (AvgIpc) is 2.66. The smallest absolute Gasteiger partial charge is 0.263 e. The minimum absolute atomic E-state index is 0.179. The van der Waals surface area contributed by atoms with Crippen LogP contribution in [0.4, 0.5) is 5.69 Å². The molecule has 96 valence electrons. The summed E-state index contributed by atoms with van der Waals surface area (Å²) in [7, 11) is 0. The van der Waals surface area contributed by atoms with Gasteiger partial charge in [0.05, 0.1) is 11.1 Å². The van der Waals surface area contributed by atoms with Crippen LogP contribution in [0.5, 0.6) is 0 Å². The Morgan fingerprint density at radius 1 is 1.56 bits per heavy atom. The summed E-state index contributed by atoms with van der Waals surface area (Å²) in [4.78, 5) is 21.5. The first kappa shape index (κ1) is 12.7. The highest BCUT2D eigenvalue weighted by Crippen LogP contribution is 2.31. The van der Waals surface area contributed by atoms with Crippen molar-refractivity contribution < 1.29 is 4.79 Å². The number of nitrogen functional groups attached to an aromatic ring is 1. The number of hydrogen-bond donors (Lipinski definition) is 3. The van der Waals surface area contributed by atoms with E-state index in [9.17, 15) is 4.79 Å². The van der Waals surface area contributed by atoms with Gasteiger partial charge in [0.1, 0.15) is 15.5 Å². The number of nitrogens with zero attached hydrogens (tertiary/aromatic N) is 2. The molecular formula is C11H15N5OS. The molecular weight excluding hydrogens is 250 g/mol. The molecule has 2 aromatic rings. The molecule has 5 N–H and O–H groups in total. The van der Waals surface area contributed by atoms with E-state index >= 15 is 0 Å². The fraction of sp³-hybridized carbons (Fsp3) is 0.364. The lowest BCUT2D eigenvalue weighted by Crippen LogP contribution is -2.25. The van der Waals surface area contributed by atoms with Crippen molar-refractivity contribution >= 4 is 33.1 Å². The minimum Gasteiger partial charge on any atom is -0.397 e. The van der Waals surface area contributed by atoms with Crippen molar-refractivity contribution in [3.8, 4) is 0 Å². The van der Waals surface area contributed by atoms with E-state index in [0.29, 0.717) is 29.5 Å². The Kier molecular flexibility index (Phi) is 3.73. The average molecular weight is 265 g/mol. The first-order chi connectivity index (χ1) is 8.63. The standard InChI is InChI=1S/C11H15N5OS/c1-6-15-5-7-8(13)9(18-11(7)16-6)10(17)14-4-2-3-12/h5H,2-4,12-13H2,1H3,(H,14,17). The molecule has 6 nitrogen and oxygen atoms in total. The summed E-state index contributed by atoms with van der Waals surface area (Å²) < 4.78 is 0. The predicted octanol–water partition coefficient (Wildman–Crippen LogP) is 0.661. The SMILES string of the molecule is Cc1ncc2c(N)c(C(=O)NCCCN)sc2n1. The zero-order chi connectivity index (χ0) is 13.1. The number of fused-ring (bicyclic) bond motifs is 1. The van der Waals surface area contributed by atoms with Gasteiger partial charge in [-0.05, 0) is 19.9 Å². The first-order valence-electron chi connectivity index (χ1n) is 5.63. The zero-order valence-electron chi connectivity index (χ0n) is 10.1. The molecule has 0 saturated carbocycles. The summed E-state index contributed by atoms with van der Waals surface area (Å²) in [6, 6.07) is 0. The highest BCUT2D eigenvalue weighted by Gasteiger charge is 2.17. The summed E-state index contributed by atoms with van der Waals surface area (Å²) in [5, 5.41) is 3.51. The van der Waals surface area contributed by atoms with Crippen molar-refractivity contribution in [1.29, 1.82) is 0 Å². The molecule has 2 rings (SSSR count). The van der Waals surface area contributed by atoms with Crippen molar-refractivity contribution in [3.05, 3.63) is 16.9 Å². The van der Waals surface area contributed by atoms with Gasteiger partial charge in [0.2, 0.25) is 0 Å². The number of aromatic nitrogens is 2. The number of carbonyl (C=O) groups excluding carboxylic acids is 1. The number of aryl methyl sites for hydroxylation is 1. The summed E-state index contributed by atoms with van der Waals surface area (Å²) in [5.41, 5.74) is 11.8. The van der Waals surface area contributed by atoms with Crippen LogP contribution in [-0.4, -0.2) is 29.0 Å². The highest BCUT2D eigenvalue weighted by molar-refractivity contribution is 7.21. The molecule has 18 heavy (non-hydrogen) atoms. The maximum Gasteiger partial charge on any atom is 0.263 e. The Morgan fingerprint density at radius 3 is 3.06 bits per heavy atom. The number of anilines is 1. The van der Waals surface area contributed by atoms with E-state index in [0.717, 1.165) is 16.6 Å². The maximum atomic E-state index is 11.9. The van der Waals surface area contributed by atoms with E-state index in [1.54, 1.807) is 13.1 Å². The van der Waals surface area contributed by atoms with Crippen LogP contribution in [-0.2, 0) is 0 Å². The maximum absolute atomic E-state index is 11.9. The molecule has 0 unspecified atom stereocenters. The second-order valence-corrected chi connectivity index (χ2v) is 4.88. The number of nitrogens with two attached hydrogens (primary N) is 2. The predicted molar refractivity (Wildman–Crippen MR) is 72.6 cm³/mol. The Balaban J connectivity index is 2.28. The Morgan fingerprint density at radius 2 is 2.33 bits per heavy atom. The first-order valence-corrected chi connectivity index (χ1v) is 6.45. The third-order valence-electron chi connectivity index (χ3n) is 2.48. The Hall–Kier alpha value is -1.73. The highest BCUT2D eigenvalue weighted by atomic mass is 32.1. The molecule has 0 radical (unpaired) electrons.